The number of carbonyl (C=O) groups excluding carboxylic acids is 1. The Morgan fingerprint density at radius 1 is 1.17 bits per heavy atom. The van der Waals surface area contributed by atoms with Crippen molar-refractivity contribution in [2.75, 3.05) is 0 Å². The van der Waals surface area contributed by atoms with E-state index in [2.05, 4.69) is 11.1 Å². The molecule has 4 rings (SSSR count). The van der Waals surface area contributed by atoms with Crippen LogP contribution in [-0.2, 0) is 9.53 Å². The SMILES string of the molecule is Cc1cc2cc([C@@H]3C(C#N)=C(N)OC4=C3C(=O)CC(C)(C)C4)c(=O)[nH]c2cc1C. The Kier molecular flexibility index (Phi) is 4.16. The number of aryl methyl sites for hydroxylation is 2. The number of hydrogen-bond donors (Lipinski definition) is 2. The number of ether oxygens (including phenoxy) is 1. The summed E-state index contributed by atoms with van der Waals surface area (Å²) in [6, 6.07) is 7.74. The molecule has 0 bridgehead atoms. The lowest BCUT2D eigenvalue weighted by Gasteiger charge is -2.37. The van der Waals surface area contributed by atoms with Crippen molar-refractivity contribution in [3.63, 3.8) is 0 Å². The molecule has 6 nitrogen and oxygen atoms in total. The van der Waals surface area contributed by atoms with Gasteiger partial charge in [-0.25, -0.2) is 0 Å². The average molecular weight is 389 g/mol. The first-order valence-corrected chi connectivity index (χ1v) is 9.59. The first kappa shape index (κ1) is 19.0. The Balaban J connectivity index is 1.99. The maximum Gasteiger partial charge on any atom is 0.252 e. The summed E-state index contributed by atoms with van der Waals surface area (Å²) in [6.45, 7) is 7.96. The molecule has 148 valence electrons. The van der Waals surface area contributed by atoms with Gasteiger partial charge in [-0.05, 0) is 54.0 Å². The number of hydrogen-bond acceptors (Lipinski definition) is 5. The van der Waals surface area contributed by atoms with Crippen molar-refractivity contribution in [2.24, 2.45) is 11.1 Å². The zero-order chi connectivity index (χ0) is 21.1. The third kappa shape index (κ3) is 3.03. The summed E-state index contributed by atoms with van der Waals surface area (Å²) in [5.74, 6) is -0.503. The van der Waals surface area contributed by atoms with Crippen LogP contribution in [0.25, 0.3) is 10.9 Å². The van der Waals surface area contributed by atoms with Crippen LogP contribution < -0.4 is 11.3 Å². The highest BCUT2D eigenvalue weighted by molar-refractivity contribution is 6.00. The van der Waals surface area contributed by atoms with E-state index in [9.17, 15) is 14.9 Å². The number of aromatic amines is 1. The molecule has 1 aliphatic heterocycles. The van der Waals surface area contributed by atoms with Crippen molar-refractivity contribution in [2.45, 2.75) is 46.5 Å². The van der Waals surface area contributed by atoms with E-state index < -0.39 is 5.92 Å². The van der Waals surface area contributed by atoms with E-state index in [1.165, 1.54) is 0 Å². The van der Waals surface area contributed by atoms with Gasteiger partial charge in [0.15, 0.2) is 5.78 Å². The van der Waals surface area contributed by atoms with Gasteiger partial charge in [0.2, 0.25) is 5.88 Å². The van der Waals surface area contributed by atoms with Crippen LogP contribution in [0, 0.1) is 30.6 Å². The van der Waals surface area contributed by atoms with Crippen LogP contribution in [0.15, 0.2) is 45.8 Å². The maximum absolute atomic E-state index is 13.0. The van der Waals surface area contributed by atoms with Gasteiger partial charge in [-0.3, -0.25) is 9.59 Å². The number of nitrogens with two attached hydrogens (primary N) is 1. The predicted octanol–water partition coefficient (Wildman–Crippen LogP) is 3.60. The molecular weight excluding hydrogens is 366 g/mol. The number of fused-ring (bicyclic) bond motifs is 1. The lowest BCUT2D eigenvalue weighted by atomic mass is 9.70. The number of allylic oxidation sites excluding steroid dienone is 3. The second kappa shape index (κ2) is 6.35. The fourth-order valence-electron chi connectivity index (χ4n) is 4.30. The van der Waals surface area contributed by atoms with Gasteiger partial charge in [0.05, 0.1) is 5.92 Å². The first-order chi connectivity index (χ1) is 13.6. The molecule has 2 heterocycles. The highest BCUT2D eigenvalue weighted by Gasteiger charge is 2.43. The lowest BCUT2D eigenvalue weighted by Crippen LogP contribution is -2.35. The Morgan fingerprint density at radius 3 is 2.55 bits per heavy atom. The molecule has 3 N–H and O–H groups in total. The minimum Gasteiger partial charge on any atom is -0.444 e. The molecule has 0 saturated heterocycles. The van der Waals surface area contributed by atoms with E-state index >= 15 is 0 Å². The topological polar surface area (TPSA) is 109 Å². The van der Waals surface area contributed by atoms with E-state index in [0.717, 1.165) is 22.0 Å². The standard InChI is InChI=1S/C23H23N3O3/c1-11-5-13-7-14(22(28)26-16(13)6-12(11)2)19-15(10-24)21(25)29-18-9-23(3,4)8-17(27)20(18)19/h5-7,19H,8-9,25H2,1-4H3,(H,26,28)/t19-/m1/s1. The summed E-state index contributed by atoms with van der Waals surface area (Å²) in [6.07, 6.45) is 0.849. The number of Topliss-reactive ketones (excluding diaryl/α,β-unsaturated/α-hetero) is 1. The molecule has 0 spiro atoms. The molecule has 29 heavy (non-hydrogen) atoms. The number of nitriles is 1. The van der Waals surface area contributed by atoms with E-state index in [1.807, 2.05) is 39.8 Å². The number of rotatable bonds is 1. The number of carbonyl (C=O) groups is 1. The molecule has 0 radical (unpaired) electrons. The number of nitrogens with one attached hydrogen (secondary N) is 1. The van der Waals surface area contributed by atoms with Crippen molar-refractivity contribution < 1.29 is 9.53 Å². The first-order valence-electron chi connectivity index (χ1n) is 9.59. The highest BCUT2D eigenvalue weighted by atomic mass is 16.5. The molecule has 1 aliphatic carbocycles. The number of aromatic nitrogens is 1. The van der Waals surface area contributed by atoms with Crippen LogP contribution >= 0.6 is 0 Å². The number of pyridine rings is 1. The third-order valence-corrected chi connectivity index (χ3v) is 5.87. The quantitative estimate of drug-likeness (QED) is 0.774. The van der Waals surface area contributed by atoms with Gasteiger partial charge in [-0.2, -0.15) is 5.26 Å². The van der Waals surface area contributed by atoms with Crippen molar-refractivity contribution in [1.82, 2.24) is 4.98 Å². The summed E-state index contributed by atoms with van der Waals surface area (Å²) in [4.78, 5) is 29.0. The summed E-state index contributed by atoms with van der Waals surface area (Å²) < 4.78 is 5.70. The molecule has 1 aromatic heterocycles. The van der Waals surface area contributed by atoms with Crippen molar-refractivity contribution in [3.8, 4) is 6.07 Å². The van der Waals surface area contributed by atoms with Crippen LogP contribution in [0.4, 0.5) is 0 Å². The second-order valence-corrected chi connectivity index (χ2v) is 8.78. The molecule has 0 saturated carbocycles. The largest absolute Gasteiger partial charge is 0.444 e. The van der Waals surface area contributed by atoms with Gasteiger partial charge < -0.3 is 15.5 Å². The van der Waals surface area contributed by atoms with Gasteiger partial charge in [-0.15, -0.1) is 0 Å². The Labute approximate surface area is 168 Å². The normalized spacial score (nSPS) is 21.1. The molecular formula is C23H23N3O3. The van der Waals surface area contributed by atoms with E-state index in [0.29, 0.717) is 29.7 Å². The molecule has 6 heteroatoms. The van der Waals surface area contributed by atoms with Crippen LogP contribution in [0.3, 0.4) is 0 Å². The van der Waals surface area contributed by atoms with Crippen molar-refractivity contribution in [1.29, 1.82) is 5.26 Å². The smallest absolute Gasteiger partial charge is 0.252 e. The van der Waals surface area contributed by atoms with Crippen molar-refractivity contribution in [3.05, 3.63) is 68.0 Å². The maximum atomic E-state index is 13.0. The Hall–Kier alpha value is -3.33. The Morgan fingerprint density at radius 2 is 1.86 bits per heavy atom. The summed E-state index contributed by atoms with van der Waals surface area (Å²) in [5, 5.41) is 10.6. The second-order valence-electron chi connectivity index (χ2n) is 8.78. The number of nitrogens with zero attached hydrogens (tertiary/aromatic N) is 1. The minimum absolute atomic E-state index is 0.0404. The molecule has 0 fully saturated rings. The summed E-state index contributed by atoms with van der Waals surface area (Å²) in [5.41, 5.74) is 9.14. The summed E-state index contributed by atoms with van der Waals surface area (Å²) >= 11 is 0. The predicted molar refractivity (Wildman–Crippen MR) is 110 cm³/mol. The molecule has 1 atom stereocenters. The van der Waals surface area contributed by atoms with E-state index in [4.69, 9.17) is 10.5 Å². The highest BCUT2D eigenvalue weighted by Crippen LogP contribution is 2.47. The summed E-state index contributed by atoms with van der Waals surface area (Å²) in [7, 11) is 0. The molecule has 0 unspecified atom stereocenters. The number of ketones is 1. The zero-order valence-corrected chi connectivity index (χ0v) is 17.0. The Bertz CT molecular complexity index is 1240. The fourth-order valence-corrected chi connectivity index (χ4v) is 4.30. The minimum atomic E-state index is -0.817. The van der Waals surface area contributed by atoms with Crippen molar-refractivity contribution >= 4 is 16.7 Å². The van der Waals surface area contributed by atoms with Gasteiger partial charge in [0.25, 0.3) is 5.56 Å². The van der Waals surface area contributed by atoms with Crippen LogP contribution in [0.5, 0.6) is 0 Å². The third-order valence-electron chi connectivity index (χ3n) is 5.87. The van der Waals surface area contributed by atoms with Gasteiger partial charge in [0.1, 0.15) is 17.4 Å². The zero-order valence-electron chi connectivity index (χ0n) is 17.0. The van der Waals surface area contributed by atoms with Gasteiger partial charge in [-0.1, -0.05) is 13.8 Å². The molecule has 0 amide bonds. The van der Waals surface area contributed by atoms with Crippen LogP contribution in [-0.4, -0.2) is 10.8 Å². The number of benzene rings is 1. The fraction of sp³-hybridized carbons (Fsp3) is 0.348. The molecule has 2 aliphatic rings. The number of H-pyrrole nitrogens is 1. The van der Waals surface area contributed by atoms with E-state index in [-0.39, 0.29) is 28.2 Å². The monoisotopic (exact) mass is 389 g/mol. The van der Waals surface area contributed by atoms with E-state index in [1.54, 1.807) is 6.07 Å². The lowest BCUT2D eigenvalue weighted by molar-refractivity contribution is -0.119. The van der Waals surface area contributed by atoms with Crippen LogP contribution in [0.1, 0.15) is 49.3 Å². The average Bonchev–Trinajstić information content (AvgIpc) is 2.60. The van der Waals surface area contributed by atoms with Gasteiger partial charge >= 0.3 is 0 Å². The molecule has 2 aromatic rings. The van der Waals surface area contributed by atoms with Crippen LogP contribution in [0.2, 0.25) is 0 Å². The molecule has 1 aromatic carbocycles. The van der Waals surface area contributed by atoms with Gasteiger partial charge in [0, 0.05) is 29.5 Å².